The van der Waals surface area contributed by atoms with Crippen LogP contribution in [-0.4, -0.2) is 47.0 Å². The summed E-state index contributed by atoms with van der Waals surface area (Å²) in [7, 11) is 0. The number of amides is 3. The van der Waals surface area contributed by atoms with Gasteiger partial charge in [-0.2, -0.15) is 0 Å². The zero-order chi connectivity index (χ0) is 25.3. The molecule has 7 heteroatoms. The third-order valence-corrected chi connectivity index (χ3v) is 5.08. The van der Waals surface area contributed by atoms with Crippen molar-refractivity contribution in [1.82, 2.24) is 15.5 Å². The Morgan fingerprint density at radius 3 is 2.03 bits per heavy atom. The van der Waals surface area contributed by atoms with Crippen molar-refractivity contribution < 1.29 is 19.1 Å². The molecular weight excluding hydrogens is 418 g/mol. The van der Waals surface area contributed by atoms with Crippen LogP contribution in [0.5, 0.6) is 0 Å². The molecule has 0 heterocycles. The number of aryl methyl sites for hydroxylation is 2. The van der Waals surface area contributed by atoms with E-state index >= 15 is 0 Å². The van der Waals surface area contributed by atoms with Gasteiger partial charge < -0.3 is 20.3 Å². The van der Waals surface area contributed by atoms with Gasteiger partial charge in [0, 0.05) is 12.6 Å². The normalized spacial score (nSPS) is 14.1. The Labute approximate surface area is 199 Å². The van der Waals surface area contributed by atoms with E-state index in [0.717, 1.165) is 29.5 Å². The van der Waals surface area contributed by atoms with Crippen molar-refractivity contribution in [2.75, 3.05) is 6.54 Å². The predicted molar refractivity (Wildman–Crippen MR) is 132 cm³/mol. The lowest BCUT2D eigenvalue weighted by atomic mass is 9.98. The molecule has 1 rings (SSSR count). The molecule has 7 nitrogen and oxygen atoms in total. The van der Waals surface area contributed by atoms with Gasteiger partial charge in [0.2, 0.25) is 11.8 Å². The fraction of sp³-hybridized carbons (Fsp3) is 0.654. The number of carbonyl (C=O) groups excluding carboxylic acids is 3. The van der Waals surface area contributed by atoms with Gasteiger partial charge in [0.25, 0.3) is 0 Å². The minimum absolute atomic E-state index is 0.00760. The van der Waals surface area contributed by atoms with Gasteiger partial charge in [0.05, 0.1) is 0 Å². The summed E-state index contributed by atoms with van der Waals surface area (Å²) in [5, 5.41) is 5.70. The highest BCUT2D eigenvalue weighted by Crippen LogP contribution is 2.25. The largest absolute Gasteiger partial charge is 0.444 e. The highest BCUT2D eigenvalue weighted by molar-refractivity contribution is 5.92. The van der Waals surface area contributed by atoms with Crippen molar-refractivity contribution in [3.63, 3.8) is 0 Å². The molecule has 0 saturated heterocycles. The molecule has 0 aliphatic carbocycles. The number of nitrogens with one attached hydrogen (secondary N) is 2. The average molecular weight is 462 g/mol. The summed E-state index contributed by atoms with van der Waals surface area (Å²) in [5.74, 6) is -0.544. The van der Waals surface area contributed by atoms with Crippen molar-refractivity contribution in [1.29, 1.82) is 0 Å². The van der Waals surface area contributed by atoms with Gasteiger partial charge in [-0.3, -0.25) is 9.59 Å². The molecule has 3 amide bonds. The molecule has 0 radical (unpaired) electrons. The Morgan fingerprint density at radius 1 is 0.970 bits per heavy atom. The maximum Gasteiger partial charge on any atom is 0.408 e. The molecule has 0 aliphatic rings. The van der Waals surface area contributed by atoms with Gasteiger partial charge in [0.1, 0.15) is 17.7 Å². The minimum atomic E-state index is -0.847. The first kappa shape index (κ1) is 28.5. The first-order valence-corrected chi connectivity index (χ1v) is 12.0. The van der Waals surface area contributed by atoms with Crippen LogP contribution in [0.25, 0.3) is 0 Å². The number of hydrogen-bond acceptors (Lipinski definition) is 4. The van der Waals surface area contributed by atoms with E-state index in [0.29, 0.717) is 13.0 Å². The van der Waals surface area contributed by atoms with Gasteiger partial charge in [-0.05, 0) is 66.9 Å². The maximum atomic E-state index is 13.5. The maximum absolute atomic E-state index is 13.5. The molecule has 33 heavy (non-hydrogen) atoms. The first-order valence-electron chi connectivity index (χ1n) is 12.0. The number of ether oxygens (including phenoxy) is 1. The van der Waals surface area contributed by atoms with Gasteiger partial charge >= 0.3 is 6.09 Å². The molecule has 0 aromatic heterocycles. The third kappa shape index (κ3) is 9.44. The van der Waals surface area contributed by atoms with Gasteiger partial charge in [-0.1, -0.05) is 49.6 Å². The molecular formula is C26H43N3O4. The Bertz CT molecular complexity index is 796. The molecule has 0 aliphatic heterocycles. The van der Waals surface area contributed by atoms with Crippen LogP contribution in [0.1, 0.15) is 90.5 Å². The van der Waals surface area contributed by atoms with E-state index < -0.39 is 23.8 Å². The molecule has 0 fully saturated rings. The second-order valence-electron chi connectivity index (χ2n) is 9.92. The number of hydrogen-bond donors (Lipinski definition) is 2. The number of carbonyl (C=O) groups is 3. The molecule has 3 unspecified atom stereocenters. The Hall–Kier alpha value is -2.57. The summed E-state index contributed by atoms with van der Waals surface area (Å²) in [4.78, 5) is 40.8. The monoisotopic (exact) mass is 461 g/mol. The van der Waals surface area contributed by atoms with E-state index in [1.54, 1.807) is 32.6 Å². The molecule has 186 valence electrons. The summed E-state index contributed by atoms with van der Waals surface area (Å²) in [5.41, 5.74) is 2.13. The third-order valence-electron chi connectivity index (χ3n) is 5.08. The zero-order valence-corrected chi connectivity index (χ0v) is 21.9. The lowest BCUT2D eigenvalue weighted by molar-refractivity contribution is -0.142. The van der Waals surface area contributed by atoms with Crippen molar-refractivity contribution >= 4 is 17.9 Å². The van der Waals surface area contributed by atoms with Crippen molar-refractivity contribution in [2.24, 2.45) is 0 Å². The molecule has 1 aromatic carbocycles. The average Bonchev–Trinajstić information content (AvgIpc) is 2.64. The summed E-state index contributed by atoms with van der Waals surface area (Å²) in [6.45, 7) is 17.2. The van der Waals surface area contributed by atoms with E-state index in [4.69, 9.17) is 4.74 Å². The summed E-state index contributed by atoms with van der Waals surface area (Å²) in [6, 6.07) is 4.29. The molecule has 2 N–H and O–H groups in total. The number of benzene rings is 1. The smallest absolute Gasteiger partial charge is 0.408 e. The van der Waals surface area contributed by atoms with Crippen LogP contribution in [0.2, 0.25) is 0 Å². The van der Waals surface area contributed by atoms with Crippen LogP contribution >= 0.6 is 0 Å². The van der Waals surface area contributed by atoms with Crippen LogP contribution in [-0.2, 0) is 14.3 Å². The fourth-order valence-corrected chi connectivity index (χ4v) is 3.87. The zero-order valence-electron chi connectivity index (χ0n) is 21.9. The van der Waals surface area contributed by atoms with Crippen LogP contribution in [0, 0.1) is 13.8 Å². The van der Waals surface area contributed by atoms with E-state index in [-0.39, 0.29) is 17.9 Å². The molecule has 0 spiro atoms. The van der Waals surface area contributed by atoms with Crippen LogP contribution in [0.15, 0.2) is 18.2 Å². The quantitative estimate of drug-likeness (QED) is 0.524. The second kappa shape index (κ2) is 12.6. The summed E-state index contributed by atoms with van der Waals surface area (Å²) >= 11 is 0. The number of rotatable bonds is 10. The highest BCUT2D eigenvalue weighted by Gasteiger charge is 2.34. The molecule has 1 aromatic rings. The van der Waals surface area contributed by atoms with E-state index in [1.165, 1.54) is 0 Å². The Morgan fingerprint density at radius 2 is 1.55 bits per heavy atom. The predicted octanol–water partition coefficient (Wildman–Crippen LogP) is 4.80. The lowest BCUT2D eigenvalue weighted by Crippen LogP contribution is -2.52. The highest BCUT2D eigenvalue weighted by atomic mass is 16.6. The van der Waals surface area contributed by atoms with Crippen molar-refractivity contribution in [2.45, 2.75) is 105 Å². The number of nitrogens with zero attached hydrogens (tertiary/aromatic N) is 1. The van der Waals surface area contributed by atoms with E-state index in [2.05, 4.69) is 17.6 Å². The van der Waals surface area contributed by atoms with Crippen LogP contribution in [0.4, 0.5) is 4.79 Å². The molecule has 3 atom stereocenters. The van der Waals surface area contributed by atoms with Crippen LogP contribution in [0.3, 0.4) is 0 Å². The SMILES string of the molecule is CCCC(C)NC(=O)C(c1cc(C)cc(C)c1)N(CCC)C(=O)C(C)NC(=O)OC(C)(C)C. The molecule has 0 saturated carbocycles. The second-order valence-corrected chi connectivity index (χ2v) is 9.92. The van der Waals surface area contributed by atoms with Gasteiger partial charge in [0.15, 0.2) is 0 Å². The van der Waals surface area contributed by atoms with Gasteiger partial charge in [-0.25, -0.2) is 4.79 Å². The fourth-order valence-electron chi connectivity index (χ4n) is 3.87. The summed E-state index contributed by atoms with van der Waals surface area (Å²) in [6.07, 6.45) is 1.81. The summed E-state index contributed by atoms with van der Waals surface area (Å²) < 4.78 is 5.30. The lowest BCUT2D eigenvalue weighted by Gasteiger charge is -2.34. The Balaban J connectivity index is 3.32. The Kier molecular flexibility index (Phi) is 10.9. The standard InChI is InChI=1S/C26H43N3O4/c1-10-12-19(5)27-23(30)22(21-15-17(3)14-18(4)16-21)29(13-11-2)24(31)20(6)28-25(32)33-26(7,8)9/h14-16,19-20,22H,10-13H2,1-9H3,(H,27,30)(H,28,32). The van der Waals surface area contributed by atoms with E-state index in [1.807, 2.05) is 45.9 Å². The van der Waals surface area contributed by atoms with E-state index in [9.17, 15) is 14.4 Å². The topological polar surface area (TPSA) is 87.7 Å². The van der Waals surface area contributed by atoms with Gasteiger partial charge in [-0.15, -0.1) is 0 Å². The van der Waals surface area contributed by atoms with Crippen molar-refractivity contribution in [3.8, 4) is 0 Å². The molecule has 0 bridgehead atoms. The minimum Gasteiger partial charge on any atom is -0.444 e. The van der Waals surface area contributed by atoms with Crippen LogP contribution < -0.4 is 10.6 Å². The number of alkyl carbamates (subject to hydrolysis) is 1. The first-order chi connectivity index (χ1) is 15.3. The van der Waals surface area contributed by atoms with Crippen molar-refractivity contribution in [3.05, 3.63) is 34.9 Å².